The lowest BCUT2D eigenvalue weighted by Gasteiger charge is -2.26. The van der Waals surface area contributed by atoms with E-state index in [-0.39, 0.29) is 4.90 Å². The Bertz CT molecular complexity index is 622. The van der Waals surface area contributed by atoms with Gasteiger partial charge in [0, 0.05) is 13.1 Å². The average Bonchev–Trinajstić information content (AvgIpc) is 2.46. The number of ether oxygens (including phenoxy) is 2. The maximum atomic E-state index is 12.4. The number of carboxylic acids is 1. The van der Waals surface area contributed by atoms with Crippen molar-refractivity contribution in [3.05, 3.63) is 23.8 Å². The molecule has 0 spiro atoms. The van der Waals surface area contributed by atoms with Crippen molar-refractivity contribution in [1.29, 1.82) is 0 Å². The molecule has 0 aromatic heterocycles. The van der Waals surface area contributed by atoms with Gasteiger partial charge in [-0.2, -0.15) is 4.31 Å². The van der Waals surface area contributed by atoms with Crippen LogP contribution in [-0.4, -0.2) is 51.6 Å². The first kappa shape index (κ1) is 15.7. The van der Waals surface area contributed by atoms with Crippen LogP contribution in [0.3, 0.4) is 0 Å². The van der Waals surface area contributed by atoms with Gasteiger partial charge in [0.25, 0.3) is 0 Å². The van der Waals surface area contributed by atoms with Crippen LogP contribution >= 0.6 is 0 Å². The van der Waals surface area contributed by atoms with Crippen molar-refractivity contribution in [2.45, 2.75) is 11.8 Å². The summed E-state index contributed by atoms with van der Waals surface area (Å²) < 4.78 is 36.4. The molecule has 1 saturated heterocycles. The lowest BCUT2D eigenvalue weighted by Crippen LogP contribution is -2.40. The molecule has 0 N–H and O–H groups in total. The van der Waals surface area contributed by atoms with Crippen LogP contribution in [0.5, 0.6) is 5.75 Å². The molecule has 1 heterocycles. The summed E-state index contributed by atoms with van der Waals surface area (Å²) in [5.74, 6) is -1.01. The zero-order chi connectivity index (χ0) is 15.5. The molecule has 0 bridgehead atoms. The SMILES string of the molecule is Cc1cc(S(=O)(=O)N2CCOCC2)ccc1OCC(=O)[O-]. The lowest BCUT2D eigenvalue weighted by atomic mass is 10.2. The van der Waals surface area contributed by atoms with Gasteiger partial charge in [0.1, 0.15) is 12.4 Å². The molecule has 2 rings (SSSR count). The highest BCUT2D eigenvalue weighted by molar-refractivity contribution is 7.89. The quantitative estimate of drug-likeness (QED) is 0.702. The number of aryl methyl sites for hydroxylation is 1. The summed E-state index contributed by atoms with van der Waals surface area (Å²) in [5, 5.41) is 10.4. The largest absolute Gasteiger partial charge is 0.546 e. The van der Waals surface area contributed by atoms with Crippen LogP contribution in [0.25, 0.3) is 0 Å². The van der Waals surface area contributed by atoms with Crippen molar-refractivity contribution in [3.8, 4) is 5.75 Å². The van der Waals surface area contributed by atoms with Gasteiger partial charge in [-0.15, -0.1) is 0 Å². The Morgan fingerprint density at radius 2 is 2.05 bits per heavy atom. The van der Waals surface area contributed by atoms with Gasteiger partial charge >= 0.3 is 0 Å². The Labute approximate surface area is 123 Å². The summed E-state index contributed by atoms with van der Waals surface area (Å²) in [4.78, 5) is 10.5. The summed E-state index contributed by atoms with van der Waals surface area (Å²) in [7, 11) is -3.56. The topological polar surface area (TPSA) is 96.0 Å². The number of carboxylic acid groups (broad SMARTS) is 1. The predicted molar refractivity (Wildman–Crippen MR) is 71.3 cm³/mol. The second-order valence-corrected chi connectivity index (χ2v) is 6.54. The molecule has 0 radical (unpaired) electrons. The number of hydrogen-bond acceptors (Lipinski definition) is 6. The number of aliphatic carboxylic acids is 1. The van der Waals surface area contributed by atoms with Crippen molar-refractivity contribution < 1.29 is 27.8 Å². The number of nitrogens with zero attached hydrogens (tertiary/aromatic N) is 1. The van der Waals surface area contributed by atoms with E-state index in [1.165, 1.54) is 22.5 Å². The van der Waals surface area contributed by atoms with Crippen LogP contribution in [0.2, 0.25) is 0 Å². The standard InChI is InChI=1S/C13H17NO6S/c1-10-8-11(2-3-12(10)20-9-13(15)16)21(17,18)14-4-6-19-7-5-14/h2-3,8H,4-7,9H2,1H3,(H,15,16)/p-1. The number of hydrogen-bond donors (Lipinski definition) is 0. The Morgan fingerprint density at radius 1 is 1.38 bits per heavy atom. The van der Waals surface area contributed by atoms with Gasteiger partial charge < -0.3 is 19.4 Å². The molecule has 1 aliphatic rings. The average molecular weight is 314 g/mol. The lowest BCUT2D eigenvalue weighted by molar-refractivity contribution is -0.307. The van der Waals surface area contributed by atoms with Gasteiger partial charge in [0.15, 0.2) is 0 Å². The van der Waals surface area contributed by atoms with Gasteiger partial charge in [-0.1, -0.05) is 0 Å². The fourth-order valence-electron chi connectivity index (χ4n) is 2.02. The second kappa shape index (κ2) is 6.42. The van der Waals surface area contributed by atoms with E-state index in [0.29, 0.717) is 37.6 Å². The summed E-state index contributed by atoms with van der Waals surface area (Å²) in [6.45, 7) is 2.49. The van der Waals surface area contributed by atoms with Crippen LogP contribution in [0.15, 0.2) is 23.1 Å². The van der Waals surface area contributed by atoms with Crippen LogP contribution in [0.1, 0.15) is 5.56 Å². The number of carbonyl (C=O) groups excluding carboxylic acids is 1. The van der Waals surface area contributed by atoms with E-state index in [1.807, 2.05) is 0 Å². The number of sulfonamides is 1. The molecule has 1 fully saturated rings. The monoisotopic (exact) mass is 314 g/mol. The molecule has 1 aromatic carbocycles. The number of carbonyl (C=O) groups is 1. The zero-order valence-corrected chi connectivity index (χ0v) is 12.4. The molecule has 116 valence electrons. The Morgan fingerprint density at radius 3 is 2.62 bits per heavy atom. The second-order valence-electron chi connectivity index (χ2n) is 4.60. The van der Waals surface area contributed by atoms with Gasteiger partial charge in [-0.05, 0) is 30.7 Å². The minimum absolute atomic E-state index is 0.155. The van der Waals surface area contributed by atoms with Crippen molar-refractivity contribution >= 4 is 16.0 Å². The fourth-order valence-corrected chi connectivity index (χ4v) is 3.51. The first-order valence-corrected chi connectivity index (χ1v) is 7.86. The van der Waals surface area contributed by atoms with Crippen molar-refractivity contribution in [2.75, 3.05) is 32.9 Å². The first-order valence-electron chi connectivity index (χ1n) is 6.42. The maximum Gasteiger partial charge on any atom is 0.243 e. The summed E-state index contributed by atoms with van der Waals surface area (Å²) in [5.41, 5.74) is 0.547. The highest BCUT2D eigenvalue weighted by atomic mass is 32.2. The third kappa shape index (κ3) is 3.72. The summed E-state index contributed by atoms with van der Waals surface area (Å²) >= 11 is 0. The number of morpholine rings is 1. The van der Waals surface area contributed by atoms with E-state index in [4.69, 9.17) is 9.47 Å². The van der Waals surface area contributed by atoms with E-state index < -0.39 is 22.6 Å². The Kier molecular flexibility index (Phi) is 4.81. The van der Waals surface area contributed by atoms with E-state index >= 15 is 0 Å². The molecule has 0 amide bonds. The third-order valence-electron chi connectivity index (χ3n) is 3.10. The molecule has 0 atom stereocenters. The molecule has 8 heteroatoms. The summed E-state index contributed by atoms with van der Waals surface area (Å²) in [6.07, 6.45) is 0. The van der Waals surface area contributed by atoms with Crippen LogP contribution in [0, 0.1) is 6.92 Å². The fraction of sp³-hybridized carbons (Fsp3) is 0.462. The predicted octanol–water partition coefficient (Wildman–Crippen LogP) is -0.855. The van der Waals surface area contributed by atoms with Gasteiger partial charge in [-0.25, -0.2) is 8.42 Å². The minimum atomic E-state index is -3.56. The number of benzene rings is 1. The van der Waals surface area contributed by atoms with Gasteiger partial charge in [0.05, 0.1) is 24.1 Å². The van der Waals surface area contributed by atoms with Crippen molar-refractivity contribution in [1.82, 2.24) is 4.31 Å². The first-order chi connectivity index (χ1) is 9.91. The zero-order valence-electron chi connectivity index (χ0n) is 11.6. The number of rotatable bonds is 5. The molecule has 7 nitrogen and oxygen atoms in total. The van der Waals surface area contributed by atoms with Crippen LogP contribution in [0.4, 0.5) is 0 Å². The summed E-state index contributed by atoms with van der Waals surface area (Å²) in [6, 6.07) is 4.32. The van der Waals surface area contributed by atoms with Crippen LogP contribution < -0.4 is 9.84 Å². The van der Waals surface area contributed by atoms with Crippen LogP contribution in [-0.2, 0) is 19.6 Å². The van der Waals surface area contributed by atoms with Gasteiger partial charge in [-0.3, -0.25) is 0 Å². The molecular weight excluding hydrogens is 298 g/mol. The normalized spacial score (nSPS) is 16.6. The third-order valence-corrected chi connectivity index (χ3v) is 4.99. The van der Waals surface area contributed by atoms with E-state index in [2.05, 4.69) is 0 Å². The van der Waals surface area contributed by atoms with Crippen molar-refractivity contribution in [3.63, 3.8) is 0 Å². The molecule has 0 saturated carbocycles. The Balaban J connectivity index is 2.20. The maximum absolute atomic E-state index is 12.4. The van der Waals surface area contributed by atoms with E-state index in [9.17, 15) is 18.3 Å². The molecular formula is C13H16NO6S-. The molecule has 0 unspecified atom stereocenters. The molecule has 0 aliphatic carbocycles. The van der Waals surface area contributed by atoms with Gasteiger partial charge in [0.2, 0.25) is 10.0 Å². The highest BCUT2D eigenvalue weighted by Crippen LogP contribution is 2.24. The molecule has 1 aliphatic heterocycles. The minimum Gasteiger partial charge on any atom is -0.546 e. The highest BCUT2D eigenvalue weighted by Gasteiger charge is 2.26. The van der Waals surface area contributed by atoms with Crippen molar-refractivity contribution in [2.24, 2.45) is 0 Å². The molecule has 21 heavy (non-hydrogen) atoms. The molecule has 1 aromatic rings. The Hall–Kier alpha value is -1.64. The van der Waals surface area contributed by atoms with E-state index in [1.54, 1.807) is 6.92 Å². The van der Waals surface area contributed by atoms with E-state index in [0.717, 1.165) is 0 Å². The smallest absolute Gasteiger partial charge is 0.243 e.